The minimum Gasteiger partial charge on any atom is -0.497 e. The first kappa shape index (κ1) is 19.8. The minimum atomic E-state index is -0.330. The number of ether oxygens (including phenoxy) is 3. The fraction of sp³-hybridized carbons (Fsp3) is 0.458. The van der Waals surface area contributed by atoms with Crippen molar-refractivity contribution in [3.05, 3.63) is 59.2 Å². The van der Waals surface area contributed by atoms with E-state index in [1.54, 1.807) is 14.2 Å². The van der Waals surface area contributed by atoms with Crippen molar-refractivity contribution in [1.29, 1.82) is 0 Å². The topological polar surface area (TPSA) is 48.0 Å². The maximum absolute atomic E-state index is 12.8. The zero-order chi connectivity index (χ0) is 20.3. The minimum absolute atomic E-state index is 0.207. The summed E-state index contributed by atoms with van der Waals surface area (Å²) in [6.07, 6.45) is 3.78. The van der Waals surface area contributed by atoms with Crippen LogP contribution in [0.15, 0.2) is 42.5 Å². The fourth-order valence-electron chi connectivity index (χ4n) is 4.65. The Balaban J connectivity index is 1.40. The van der Waals surface area contributed by atoms with Crippen LogP contribution in [-0.2, 0) is 28.0 Å². The third-order valence-electron chi connectivity index (χ3n) is 6.22. The van der Waals surface area contributed by atoms with Crippen LogP contribution in [0.4, 0.5) is 0 Å². The summed E-state index contributed by atoms with van der Waals surface area (Å²) in [5, 5.41) is 0. The standard InChI is InChI=1S/C24H29NO4/c1-27-20-7-3-5-18(17-20)9-10-22(26)25-14-12-24(13-15-25)23-19(11-16-29-24)6-4-8-21(23)28-2/h3-8,17H,9-16H2,1-2H3. The number of hydrogen-bond donors (Lipinski definition) is 0. The first-order chi connectivity index (χ1) is 14.1. The van der Waals surface area contributed by atoms with Gasteiger partial charge in [0.25, 0.3) is 0 Å². The van der Waals surface area contributed by atoms with Crippen LogP contribution in [0.25, 0.3) is 0 Å². The van der Waals surface area contributed by atoms with Gasteiger partial charge in [-0.05, 0) is 55.0 Å². The highest BCUT2D eigenvalue weighted by Crippen LogP contribution is 2.45. The SMILES string of the molecule is COc1cccc(CCC(=O)N2CCC3(CC2)OCCc2cccc(OC)c23)c1. The fourth-order valence-corrected chi connectivity index (χ4v) is 4.65. The largest absolute Gasteiger partial charge is 0.497 e. The van der Waals surface area contributed by atoms with Gasteiger partial charge in [-0.25, -0.2) is 0 Å². The summed E-state index contributed by atoms with van der Waals surface area (Å²) in [6, 6.07) is 14.2. The summed E-state index contributed by atoms with van der Waals surface area (Å²) >= 11 is 0. The molecule has 29 heavy (non-hydrogen) atoms. The molecule has 1 amide bonds. The maximum Gasteiger partial charge on any atom is 0.222 e. The molecule has 1 fully saturated rings. The van der Waals surface area contributed by atoms with Crippen molar-refractivity contribution in [3.63, 3.8) is 0 Å². The number of aryl methyl sites for hydroxylation is 1. The van der Waals surface area contributed by atoms with Crippen LogP contribution in [0.3, 0.4) is 0 Å². The molecule has 2 aromatic rings. The average molecular weight is 395 g/mol. The lowest BCUT2D eigenvalue weighted by atomic mass is 9.78. The molecule has 1 saturated heterocycles. The second-order valence-corrected chi connectivity index (χ2v) is 7.82. The molecule has 0 N–H and O–H groups in total. The van der Waals surface area contributed by atoms with E-state index < -0.39 is 0 Å². The Labute approximate surface area is 172 Å². The second kappa shape index (κ2) is 8.46. The number of carbonyl (C=O) groups is 1. The Morgan fingerprint density at radius 1 is 1.10 bits per heavy atom. The van der Waals surface area contributed by atoms with Crippen molar-refractivity contribution < 1.29 is 19.0 Å². The zero-order valence-electron chi connectivity index (χ0n) is 17.3. The van der Waals surface area contributed by atoms with Crippen molar-refractivity contribution in [3.8, 4) is 11.5 Å². The van der Waals surface area contributed by atoms with Crippen molar-refractivity contribution in [2.24, 2.45) is 0 Å². The number of methoxy groups -OCH3 is 2. The van der Waals surface area contributed by atoms with E-state index in [-0.39, 0.29) is 11.5 Å². The van der Waals surface area contributed by atoms with E-state index in [4.69, 9.17) is 14.2 Å². The van der Waals surface area contributed by atoms with Crippen LogP contribution in [0.5, 0.6) is 11.5 Å². The van der Waals surface area contributed by atoms with Crippen LogP contribution < -0.4 is 9.47 Å². The number of rotatable bonds is 5. The van der Waals surface area contributed by atoms with Gasteiger partial charge >= 0.3 is 0 Å². The molecule has 2 heterocycles. The Bertz CT molecular complexity index is 857. The lowest BCUT2D eigenvalue weighted by molar-refractivity contribution is -0.140. The predicted molar refractivity (Wildman–Crippen MR) is 111 cm³/mol. The van der Waals surface area contributed by atoms with Crippen molar-refractivity contribution in [2.75, 3.05) is 33.9 Å². The molecule has 0 aromatic heterocycles. The van der Waals surface area contributed by atoms with Gasteiger partial charge in [-0.2, -0.15) is 0 Å². The third-order valence-corrected chi connectivity index (χ3v) is 6.22. The molecule has 154 valence electrons. The molecule has 2 aliphatic heterocycles. The number of likely N-dealkylation sites (tertiary alicyclic amines) is 1. The van der Waals surface area contributed by atoms with E-state index in [2.05, 4.69) is 6.07 Å². The highest BCUT2D eigenvalue weighted by Gasteiger charge is 2.43. The number of carbonyl (C=O) groups excluding carboxylic acids is 1. The number of hydrogen-bond acceptors (Lipinski definition) is 4. The second-order valence-electron chi connectivity index (χ2n) is 7.82. The monoisotopic (exact) mass is 395 g/mol. The molecule has 2 aromatic carbocycles. The molecule has 0 bridgehead atoms. The lowest BCUT2D eigenvalue weighted by Crippen LogP contribution is -2.48. The lowest BCUT2D eigenvalue weighted by Gasteiger charge is -2.45. The molecule has 5 nitrogen and oxygen atoms in total. The van der Waals surface area contributed by atoms with Crippen molar-refractivity contribution in [2.45, 2.75) is 37.7 Å². The van der Waals surface area contributed by atoms with Gasteiger partial charge in [0.2, 0.25) is 5.91 Å². The van der Waals surface area contributed by atoms with Gasteiger partial charge in [-0.15, -0.1) is 0 Å². The molecule has 0 aliphatic carbocycles. The Kier molecular flexibility index (Phi) is 5.76. The van der Waals surface area contributed by atoms with E-state index in [1.807, 2.05) is 41.3 Å². The molecule has 0 unspecified atom stereocenters. The van der Waals surface area contributed by atoms with Gasteiger partial charge in [0.1, 0.15) is 17.1 Å². The zero-order valence-corrected chi connectivity index (χ0v) is 17.3. The van der Waals surface area contributed by atoms with Gasteiger partial charge < -0.3 is 19.1 Å². The molecule has 0 atom stereocenters. The Morgan fingerprint density at radius 2 is 1.90 bits per heavy atom. The molecule has 2 aliphatic rings. The summed E-state index contributed by atoms with van der Waals surface area (Å²) in [5.74, 6) is 1.94. The number of amides is 1. The quantitative estimate of drug-likeness (QED) is 0.774. The van der Waals surface area contributed by atoms with Gasteiger partial charge in [-0.1, -0.05) is 24.3 Å². The van der Waals surface area contributed by atoms with Crippen molar-refractivity contribution in [1.82, 2.24) is 4.90 Å². The first-order valence-corrected chi connectivity index (χ1v) is 10.4. The summed E-state index contributed by atoms with van der Waals surface area (Å²) in [4.78, 5) is 14.8. The smallest absolute Gasteiger partial charge is 0.222 e. The Morgan fingerprint density at radius 3 is 2.66 bits per heavy atom. The average Bonchev–Trinajstić information content (AvgIpc) is 2.78. The van der Waals surface area contributed by atoms with Crippen molar-refractivity contribution >= 4 is 5.91 Å². The van der Waals surface area contributed by atoms with Crippen LogP contribution in [0, 0.1) is 0 Å². The highest BCUT2D eigenvalue weighted by molar-refractivity contribution is 5.76. The van der Waals surface area contributed by atoms with E-state index >= 15 is 0 Å². The van der Waals surface area contributed by atoms with Gasteiger partial charge in [0.15, 0.2) is 0 Å². The van der Waals surface area contributed by atoms with Gasteiger partial charge in [-0.3, -0.25) is 4.79 Å². The van der Waals surface area contributed by atoms with E-state index in [9.17, 15) is 4.79 Å². The van der Waals surface area contributed by atoms with Gasteiger partial charge in [0.05, 0.1) is 20.8 Å². The third kappa shape index (κ3) is 3.97. The molecule has 4 rings (SSSR count). The first-order valence-electron chi connectivity index (χ1n) is 10.4. The van der Waals surface area contributed by atoms with E-state index in [1.165, 1.54) is 11.1 Å². The molecule has 0 saturated carbocycles. The maximum atomic E-state index is 12.8. The molecule has 0 radical (unpaired) electrons. The number of piperidine rings is 1. The Hall–Kier alpha value is -2.53. The van der Waals surface area contributed by atoms with Crippen LogP contribution in [0.2, 0.25) is 0 Å². The number of nitrogens with zero attached hydrogens (tertiary/aromatic N) is 1. The van der Waals surface area contributed by atoms with Crippen LogP contribution >= 0.6 is 0 Å². The van der Waals surface area contributed by atoms with Crippen LogP contribution in [-0.4, -0.2) is 44.7 Å². The normalized spacial score (nSPS) is 17.7. The molecular weight excluding hydrogens is 366 g/mol. The molecule has 5 heteroatoms. The summed E-state index contributed by atoms with van der Waals surface area (Å²) in [7, 11) is 3.38. The summed E-state index contributed by atoms with van der Waals surface area (Å²) < 4.78 is 17.2. The van der Waals surface area contributed by atoms with E-state index in [0.29, 0.717) is 19.5 Å². The van der Waals surface area contributed by atoms with Gasteiger partial charge in [0, 0.05) is 25.1 Å². The highest BCUT2D eigenvalue weighted by atomic mass is 16.5. The summed E-state index contributed by atoms with van der Waals surface area (Å²) in [6.45, 7) is 2.16. The molecule has 1 spiro atoms. The molecular formula is C24H29NO4. The number of fused-ring (bicyclic) bond motifs is 2. The van der Waals surface area contributed by atoms with Crippen LogP contribution in [0.1, 0.15) is 36.0 Å². The summed E-state index contributed by atoms with van der Waals surface area (Å²) in [5.41, 5.74) is 3.30. The predicted octanol–water partition coefficient (Wildman–Crippen LogP) is 3.73. The number of benzene rings is 2. The van der Waals surface area contributed by atoms with E-state index in [0.717, 1.165) is 49.4 Å².